The molecule has 0 aliphatic rings. The molecule has 1 N–H and O–H groups in total. The molecule has 1 aromatic rings. The molecule has 124 valence electrons. The molecule has 0 spiro atoms. The Balaban J connectivity index is 2.29. The molecule has 0 aromatic heterocycles. The van der Waals surface area contributed by atoms with E-state index in [9.17, 15) is 4.79 Å². The number of hydrogen-bond donors (Lipinski definition) is 1. The number of rotatable bonds is 11. The van der Waals surface area contributed by atoms with Crippen molar-refractivity contribution in [1.29, 1.82) is 0 Å². The summed E-state index contributed by atoms with van der Waals surface area (Å²) in [5.41, 5.74) is 2.10. The van der Waals surface area contributed by atoms with E-state index in [0.29, 0.717) is 6.42 Å². The van der Waals surface area contributed by atoms with Gasteiger partial charge in [0.1, 0.15) is 0 Å². The third-order valence-corrected chi connectivity index (χ3v) is 4.04. The van der Waals surface area contributed by atoms with Gasteiger partial charge >= 0.3 is 0 Å². The Bertz CT molecular complexity index is 410. The molecular formula is C19H32N2O. The summed E-state index contributed by atoms with van der Waals surface area (Å²) < 4.78 is 0. The molecule has 0 fully saturated rings. The Morgan fingerprint density at radius 2 is 1.50 bits per heavy atom. The van der Waals surface area contributed by atoms with Gasteiger partial charge in [-0.3, -0.25) is 4.79 Å². The Kier molecular flexibility index (Phi) is 9.36. The van der Waals surface area contributed by atoms with Gasteiger partial charge in [-0.1, -0.05) is 39.0 Å². The van der Waals surface area contributed by atoms with Crippen LogP contribution in [0, 0.1) is 0 Å². The van der Waals surface area contributed by atoms with Gasteiger partial charge < -0.3 is 10.2 Å². The molecule has 22 heavy (non-hydrogen) atoms. The zero-order valence-electron chi connectivity index (χ0n) is 14.5. The van der Waals surface area contributed by atoms with E-state index in [1.165, 1.54) is 31.4 Å². The second-order valence-corrected chi connectivity index (χ2v) is 5.79. The monoisotopic (exact) mass is 304 g/mol. The Hall–Kier alpha value is -1.51. The highest BCUT2D eigenvalue weighted by Crippen LogP contribution is 2.18. The van der Waals surface area contributed by atoms with Gasteiger partial charge in [-0.25, -0.2) is 0 Å². The average Bonchev–Trinajstić information content (AvgIpc) is 2.53. The third-order valence-electron chi connectivity index (χ3n) is 4.04. The fraction of sp³-hybridized carbons (Fsp3) is 0.632. The molecule has 3 nitrogen and oxygen atoms in total. The molecule has 0 aliphatic carbocycles. The van der Waals surface area contributed by atoms with Crippen LogP contribution in [0.25, 0.3) is 0 Å². The summed E-state index contributed by atoms with van der Waals surface area (Å²) in [6.45, 7) is 8.53. The minimum Gasteiger partial charge on any atom is -0.372 e. The third kappa shape index (κ3) is 6.97. The van der Waals surface area contributed by atoms with Crippen LogP contribution in [0.5, 0.6) is 0 Å². The van der Waals surface area contributed by atoms with E-state index in [1.54, 1.807) is 0 Å². The minimum atomic E-state index is 0.131. The summed E-state index contributed by atoms with van der Waals surface area (Å²) in [6, 6.07) is 8.14. The number of carbonyl (C=O) groups excluding carboxylic acids is 1. The zero-order valence-corrected chi connectivity index (χ0v) is 14.5. The maximum atomic E-state index is 11.9. The van der Waals surface area contributed by atoms with E-state index in [1.807, 2.05) is 12.1 Å². The molecule has 1 aromatic carbocycles. The van der Waals surface area contributed by atoms with Crippen molar-refractivity contribution in [3.63, 3.8) is 0 Å². The van der Waals surface area contributed by atoms with Crippen molar-refractivity contribution >= 4 is 17.3 Å². The highest BCUT2D eigenvalue weighted by molar-refractivity contribution is 5.90. The highest BCUT2D eigenvalue weighted by Gasteiger charge is 2.04. The number of unbranched alkanes of at least 4 members (excludes halogenated alkanes) is 5. The first-order valence-electron chi connectivity index (χ1n) is 8.86. The lowest BCUT2D eigenvalue weighted by atomic mass is 10.1. The summed E-state index contributed by atoms with van der Waals surface area (Å²) in [5, 5.41) is 2.99. The summed E-state index contributed by atoms with van der Waals surface area (Å²) in [7, 11) is 0. The van der Waals surface area contributed by atoms with Crippen molar-refractivity contribution in [2.24, 2.45) is 0 Å². The van der Waals surface area contributed by atoms with Crippen LogP contribution in [0.15, 0.2) is 24.3 Å². The van der Waals surface area contributed by atoms with E-state index in [0.717, 1.165) is 31.6 Å². The lowest BCUT2D eigenvalue weighted by Crippen LogP contribution is -2.21. The van der Waals surface area contributed by atoms with Crippen LogP contribution in [0.4, 0.5) is 11.4 Å². The van der Waals surface area contributed by atoms with E-state index >= 15 is 0 Å². The summed E-state index contributed by atoms with van der Waals surface area (Å²) in [4.78, 5) is 14.2. The number of nitrogens with zero attached hydrogens (tertiary/aromatic N) is 1. The largest absolute Gasteiger partial charge is 0.372 e. The number of hydrogen-bond acceptors (Lipinski definition) is 2. The van der Waals surface area contributed by atoms with E-state index < -0.39 is 0 Å². The molecular weight excluding hydrogens is 272 g/mol. The maximum absolute atomic E-state index is 11.9. The van der Waals surface area contributed by atoms with Crippen molar-refractivity contribution in [1.82, 2.24) is 0 Å². The molecule has 0 atom stereocenters. The summed E-state index contributed by atoms with van der Waals surface area (Å²) >= 11 is 0. The minimum absolute atomic E-state index is 0.131. The first kappa shape index (κ1) is 18.5. The fourth-order valence-corrected chi connectivity index (χ4v) is 2.63. The van der Waals surface area contributed by atoms with Crippen LogP contribution in [-0.4, -0.2) is 19.0 Å². The van der Waals surface area contributed by atoms with Crippen LogP contribution in [0.1, 0.15) is 65.7 Å². The first-order chi connectivity index (χ1) is 10.7. The standard InChI is InChI=1S/C19H32N2O/c1-4-7-8-9-10-11-12-19(22)20-17-13-15-18(16-14-17)21(5-2)6-3/h13-16H,4-12H2,1-3H3,(H,20,22). The topological polar surface area (TPSA) is 32.3 Å². The highest BCUT2D eigenvalue weighted by atomic mass is 16.1. The number of anilines is 2. The van der Waals surface area contributed by atoms with Crippen molar-refractivity contribution in [3.8, 4) is 0 Å². The van der Waals surface area contributed by atoms with Crippen LogP contribution in [0.2, 0.25) is 0 Å². The molecule has 0 unspecified atom stereocenters. The Morgan fingerprint density at radius 3 is 2.09 bits per heavy atom. The van der Waals surface area contributed by atoms with E-state index in [4.69, 9.17) is 0 Å². The first-order valence-corrected chi connectivity index (χ1v) is 8.86. The second kappa shape index (κ2) is 11.1. The molecule has 3 heteroatoms. The molecule has 0 heterocycles. The smallest absolute Gasteiger partial charge is 0.224 e. The van der Waals surface area contributed by atoms with Gasteiger partial charge in [0.15, 0.2) is 0 Å². The van der Waals surface area contributed by atoms with Gasteiger partial charge in [-0.2, -0.15) is 0 Å². The predicted molar refractivity (Wildman–Crippen MR) is 96.6 cm³/mol. The number of amides is 1. The lowest BCUT2D eigenvalue weighted by molar-refractivity contribution is -0.116. The molecule has 1 rings (SSSR count). The summed E-state index contributed by atoms with van der Waals surface area (Å²) in [5.74, 6) is 0.131. The molecule has 0 saturated carbocycles. The SMILES string of the molecule is CCCCCCCCC(=O)Nc1ccc(N(CC)CC)cc1. The molecule has 0 saturated heterocycles. The van der Waals surface area contributed by atoms with Crippen LogP contribution >= 0.6 is 0 Å². The Labute approximate surface area is 136 Å². The number of benzene rings is 1. The quantitative estimate of drug-likeness (QED) is 0.568. The van der Waals surface area contributed by atoms with Crippen molar-refractivity contribution in [2.75, 3.05) is 23.3 Å². The second-order valence-electron chi connectivity index (χ2n) is 5.79. The maximum Gasteiger partial charge on any atom is 0.224 e. The van der Waals surface area contributed by atoms with Gasteiger partial charge in [0.05, 0.1) is 0 Å². The van der Waals surface area contributed by atoms with Gasteiger partial charge in [-0.05, 0) is 44.5 Å². The van der Waals surface area contributed by atoms with Crippen molar-refractivity contribution in [3.05, 3.63) is 24.3 Å². The number of carbonyl (C=O) groups is 1. The molecule has 0 radical (unpaired) electrons. The van der Waals surface area contributed by atoms with Crippen molar-refractivity contribution in [2.45, 2.75) is 65.7 Å². The Morgan fingerprint density at radius 1 is 0.909 bits per heavy atom. The van der Waals surface area contributed by atoms with E-state index in [2.05, 4.69) is 43.1 Å². The van der Waals surface area contributed by atoms with Gasteiger partial charge in [-0.15, -0.1) is 0 Å². The predicted octanol–water partition coefficient (Wildman–Crippen LogP) is 5.22. The van der Waals surface area contributed by atoms with E-state index in [-0.39, 0.29) is 5.91 Å². The normalized spacial score (nSPS) is 10.5. The molecule has 1 amide bonds. The number of nitrogens with one attached hydrogen (secondary N) is 1. The summed E-state index contributed by atoms with van der Waals surface area (Å²) in [6.07, 6.45) is 7.91. The van der Waals surface area contributed by atoms with Crippen LogP contribution in [0.3, 0.4) is 0 Å². The van der Waals surface area contributed by atoms with Gasteiger partial charge in [0, 0.05) is 30.9 Å². The fourth-order valence-electron chi connectivity index (χ4n) is 2.63. The van der Waals surface area contributed by atoms with Crippen LogP contribution < -0.4 is 10.2 Å². The average molecular weight is 304 g/mol. The molecule has 0 aliphatic heterocycles. The zero-order chi connectivity index (χ0) is 16.2. The van der Waals surface area contributed by atoms with Gasteiger partial charge in [0.2, 0.25) is 5.91 Å². The van der Waals surface area contributed by atoms with Crippen LogP contribution in [-0.2, 0) is 4.79 Å². The van der Waals surface area contributed by atoms with Crippen molar-refractivity contribution < 1.29 is 4.79 Å². The lowest BCUT2D eigenvalue weighted by Gasteiger charge is -2.21. The van der Waals surface area contributed by atoms with Gasteiger partial charge in [0.25, 0.3) is 0 Å². The molecule has 0 bridgehead atoms.